The minimum absolute atomic E-state index is 0.127. The molecule has 2 aromatic carbocycles. The van der Waals surface area contributed by atoms with E-state index in [1.54, 1.807) is 16.1 Å². The van der Waals surface area contributed by atoms with Gasteiger partial charge in [-0.3, -0.25) is 9.59 Å². The molecule has 0 N–H and O–H groups in total. The predicted octanol–water partition coefficient (Wildman–Crippen LogP) is 4.02. The lowest BCUT2D eigenvalue weighted by atomic mass is 10.1. The smallest absolute Gasteiger partial charge is 0.266 e. The SMILES string of the molecule is O=C(c1ccccc1)c1cc(=O)n(-c2ccccc2CBr)s1. The van der Waals surface area contributed by atoms with Gasteiger partial charge in [-0.2, -0.15) is 0 Å². The van der Waals surface area contributed by atoms with Crippen molar-refractivity contribution in [3.63, 3.8) is 0 Å². The second-order valence-corrected chi connectivity index (χ2v) is 6.24. The maximum atomic E-state index is 12.4. The maximum absolute atomic E-state index is 12.4. The number of aromatic nitrogens is 1. The summed E-state index contributed by atoms with van der Waals surface area (Å²) in [5, 5.41) is 0.648. The summed E-state index contributed by atoms with van der Waals surface area (Å²) in [6.45, 7) is 0. The van der Waals surface area contributed by atoms with Crippen LogP contribution < -0.4 is 5.56 Å². The normalized spacial score (nSPS) is 10.6. The van der Waals surface area contributed by atoms with Gasteiger partial charge < -0.3 is 0 Å². The molecule has 0 amide bonds. The third-order valence-electron chi connectivity index (χ3n) is 3.26. The van der Waals surface area contributed by atoms with Crippen molar-refractivity contribution in [2.45, 2.75) is 5.33 Å². The van der Waals surface area contributed by atoms with Crippen molar-refractivity contribution in [2.24, 2.45) is 0 Å². The zero-order valence-corrected chi connectivity index (χ0v) is 13.9. The summed E-state index contributed by atoms with van der Waals surface area (Å²) in [7, 11) is 0. The van der Waals surface area contributed by atoms with Crippen LogP contribution in [0.5, 0.6) is 0 Å². The molecule has 3 rings (SSSR count). The van der Waals surface area contributed by atoms with Crippen molar-refractivity contribution in [1.29, 1.82) is 0 Å². The molecule has 22 heavy (non-hydrogen) atoms. The van der Waals surface area contributed by atoms with Gasteiger partial charge in [0.05, 0.1) is 10.6 Å². The van der Waals surface area contributed by atoms with Crippen molar-refractivity contribution < 1.29 is 4.79 Å². The molecule has 3 aromatic rings. The van der Waals surface area contributed by atoms with Crippen molar-refractivity contribution in [2.75, 3.05) is 0 Å². The number of hydrogen-bond acceptors (Lipinski definition) is 3. The van der Waals surface area contributed by atoms with E-state index in [1.165, 1.54) is 17.6 Å². The molecule has 0 bridgehead atoms. The Morgan fingerprint density at radius 2 is 1.73 bits per heavy atom. The fourth-order valence-corrected chi connectivity index (χ4v) is 3.61. The van der Waals surface area contributed by atoms with E-state index >= 15 is 0 Å². The first-order valence-electron chi connectivity index (χ1n) is 6.68. The van der Waals surface area contributed by atoms with Crippen LogP contribution in [0.25, 0.3) is 5.69 Å². The van der Waals surface area contributed by atoms with Crippen molar-refractivity contribution in [1.82, 2.24) is 3.96 Å². The molecule has 0 unspecified atom stereocenters. The van der Waals surface area contributed by atoms with Crippen LogP contribution in [-0.4, -0.2) is 9.74 Å². The number of hydrogen-bond donors (Lipinski definition) is 0. The van der Waals surface area contributed by atoms with Gasteiger partial charge in [-0.05, 0) is 23.2 Å². The van der Waals surface area contributed by atoms with E-state index in [1.807, 2.05) is 42.5 Å². The molecule has 0 radical (unpaired) electrons. The van der Waals surface area contributed by atoms with Gasteiger partial charge in [0.1, 0.15) is 0 Å². The third-order valence-corrected chi connectivity index (χ3v) is 4.92. The van der Waals surface area contributed by atoms with Crippen LogP contribution in [0.15, 0.2) is 65.5 Å². The van der Waals surface area contributed by atoms with Gasteiger partial charge in [0, 0.05) is 17.0 Å². The van der Waals surface area contributed by atoms with E-state index in [4.69, 9.17) is 0 Å². The topological polar surface area (TPSA) is 39.1 Å². The molecular formula is C17H12BrNO2S. The number of benzene rings is 2. The van der Waals surface area contributed by atoms with Crippen LogP contribution in [0, 0.1) is 0 Å². The molecule has 0 spiro atoms. The second kappa shape index (κ2) is 6.42. The lowest BCUT2D eigenvalue weighted by molar-refractivity contribution is 0.104. The predicted molar refractivity (Wildman–Crippen MR) is 92.4 cm³/mol. The maximum Gasteiger partial charge on any atom is 0.266 e. The molecule has 1 aromatic heterocycles. The van der Waals surface area contributed by atoms with E-state index in [2.05, 4.69) is 15.9 Å². The Bertz CT molecular complexity index is 868. The van der Waals surface area contributed by atoms with Crippen LogP contribution >= 0.6 is 27.5 Å². The zero-order valence-electron chi connectivity index (χ0n) is 11.5. The van der Waals surface area contributed by atoms with Crippen LogP contribution in [0.1, 0.15) is 20.8 Å². The van der Waals surface area contributed by atoms with Crippen LogP contribution in [0.2, 0.25) is 0 Å². The van der Waals surface area contributed by atoms with E-state index in [0.29, 0.717) is 15.8 Å². The zero-order chi connectivity index (χ0) is 15.5. The van der Waals surface area contributed by atoms with Crippen molar-refractivity contribution >= 4 is 33.2 Å². The Kier molecular flexibility index (Phi) is 4.36. The third kappa shape index (κ3) is 2.82. The highest BCUT2D eigenvalue weighted by molar-refractivity contribution is 9.08. The molecule has 0 saturated heterocycles. The summed E-state index contributed by atoms with van der Waals surface area (Å²) in [4.78, 5) is 25.1. The van der Waals surface area contributed by atoms with Crippen molar-refractivity contribution in [3.8, 4) is 5.69 Å². The monoisotopic (exact) mass is 373 g/mol. The fourth-order valence-electron chi connectivity index (χ4n) is 2.17. The lowest BCUT2D eigenvalue weighted by Gasteiger charge is -2.05. The first-order valence-corrected chi connectivity index (χ1v) is 8.57. The molecule has 0 aliphatic carbocycles. The summed E-state index contributed by atoms with van der Waals surface area (Å²) < 4.78 is 1.56. The van der Waals surface area contributed by atoms with Gasteiger partial charge in [0.25, 0.3) is 5.56 Å². The van der Waals surface area contributed by atoms with Crippen LogP contribution in [0.3, 0.4) is 0 Å². The van der Waals surface area contributed by atoms with Gasteiger partial charge in [-0.15, -0.1) is 0 Å². The van der Waals surface area contributed by atoms with E-state index in [9.17, 15) is 9.59 Å². The Morgan fingerprint density at radius 3 is 2.45 bits per heavy atom. The summed E-state index contributed by atoms with van der Waals surface area (Å²) >= 11 is 4.60. The lowest BCUT2D eigenvalue weighted by Crippen LogP contribution is -2.11. The van der Waals surface area contributed by atoms with Crippen molar-refractivity contribution in [3.05, 3.63) is 87.0 Å². The molecular weight excluding hydrogens is 362 g/mol. The largest absolute Gasteiger partial charge is 0.288 e. The van der Waals surface area contributed by atoms with E-state index in [-0.39, 0.29) is 11.3 Å². The summed E-state index contributed by atoms with van der Waals surface area (Å²) in [6, 6.07) is 18.0. The first kappa shape index (κ1) is 14.9. The summed E-state index contributed by atoms with van der Waals surface area (Å²) in [5.41, 5.74) is 2.22. The molecule has 3 nitrogen and oxygen atoms in total. The van der Waals surface area contributed by atoms with Crippen LogP contribution in [0.4, 0.5) is 0 Å². The Morgan fingerprint density at radius 1 is 1.05 bits per heavy atom. The Hall–Kier alpha value is -1.98. The van der Waals surface area contributed by atoms with Gasteiger partial charge in [0.2, 0.25) is 5.78 Å². The highest BCUT2D eigenvalue weighted by atomic mass is 79.9. The average molecular weight is 374 g/mol. The quantitative estimate of drug-likeness (QED) is 0.511. The second-order valence-electron chi connectivity index (χ2n) is 4.69. The molecule has 0 aliphatic heterocycles. The minimum atomic E-state index is -0.183. The number of halogens is 1. The van der Waals surface area contributed by atoms with Gasteiger partial charge in [-0.25, -0.2) is 3.96 Å². The van der Waals surface area contributed by atoms with E-state index in [0.717, 1.165) is 11.3 Å². The van der Waals surface area contributed by atoms with Gasteiger partial charge >= 0.3 is 0 Å². The number of carbonyl (C=O) groups is 1. The molecule has 0 saturated carbocycles. The summed E-state index contributed by atoms with van der Waals surface area (Å²) in [5.74, 6) is -0.127. The average Bonchev–Trinajstić information content (AvgIpc) is 2.96. The number of alkyl halides is 1. The molecule has 110 valence electrons. The Labute approximate surface area is 140 Å². The molecule has 0 fully saturated rings. The number of para-hydroxylation sites is 1. The number of nitrogens with zero attached hydrogens (tertiary/aromatic N) is 1. The van der Waals surface area contributed by atoms with E-state index < -0.39 is 0 Å². The summed E-state index contributed by atoms with van der Waals surface area (Å²) in [6.07, 6.45) is 0. The highest BCUT2D eigenvalue weighted by Gasteiger charge is 2.16. The molecule has 1 heterocycles. The molecule has 5 heteroatoms. The Balaban J connectivity index is 2.05. The van der Waals surface area contributed by atoms with Crippen LogP contribution in [-0.2, 0) is 5.33 Å². The number of carbonyl (C=O) groups excluding carboxylic acids is 1. The molecule has 0 aliphatic rings. The number of ketones is 1. The molecule has 0 atom stereocenters. The minimum Gasteiger partial charge on any atom is -0.288 e. The first-order chi connectivity index (χ1) is 10.7. The fraction of sp³-hybridized carbons (Fsp3) is 0.0588. The number of rotatable bonds is 4. The van der Waals surface area contributed by atoms with Gasteiger partial charge in [-0.1, -0.05) is 64.5 Å². The standard InChI is InChI=1S/C17H12BrNO2S/c18-11-13-8-4-5-9-14(13)19-16(20)10-15(22-19)17(21)12-6-2-1-3-7-12/h1-10H,11H2. The highest BCUT2D eigenvalue weighted by Crippen LogP contribution is 2.21. The van der Waals surface area contributed by atoms with Gasteiger partial charge in [0.15, 0.2) is 0 Å².